The van der Waals surface area contributed by atoms with Gasteiger partial charge in [-0.15, -0.1) is 11.3 Å². The second kappa shape index (κ2) is 7.84. The highest BCUT2D eigenvalue weighted by Crippen LogP contribution is 2.23. The lowest BCUT2D eigenvalue weighted by atomic mass is 10.2. The molecular weight excluding hydrogens is 302 g/mol. The Kier molecular flexibility index (Phi) is 6.77. The Balaban J connectivity index is 2.16. The topological polar surface area (TPSA) is 49.3 Å². The molecule has 1 aromatic rings. The molecule has 5 heteroatoms. The molecule has 1 aromatic heterocycles. The van der Waals surface area contributed by atoms with E-state index in [1.165, 1.54) is 4.88 Å². The lowest BCUT2D eigenvalue weighted by Gasteiger charge is -2.11. The number of hydrogen-bond acceptors (Lipinski definition) is 3. The van der Waals surface area contributed by atoms with Crippen LogP contribution in [-0.2, 0) is 11.2 Å². The lowest BCUT2D eigenvalue weighted by Crippen LogP contribution is -2.32. The summed E-state index contributed by atoms with van der Waals surface area (Å²) < 4.78 is 1.13. The molecule has 0 saturated carbocycles. The van der Waals surface area contributed by atoms with Crippen LogP contribution in [0, 0.1) is 0 Å². The van der Waals surface area contributed by atoms with Crippen LogP contribution in [0.5, 0.6) is 0 Å². The van der Waals surface area contributed by atoms with Crippen molar-refractivity contribution in [3.05, 3.63) is 20.8 Å². The van der Waals surface area contributed by atoms with Gasteiger partial charge in [0.1, 0.15) is 0 Å². The number of aliphatic hydroxyl groups excluding tert-OH is 1. The lowest BCUT2D eigenvalue weighted by molar-refractivity contribution is -0.121. The van der Waals surface area contributed by atoms with Crippen molar-refractivity contribution in [3.8, 4) is 0 Å². The van der Waals surface area contributed by atoms with Gasteiger partial charge in [-0.1, -0.05) is 0 Å². The minimum Gasteiger partial charge on any atom is -0.396 e. The Morgan fingerprint density at radius 1 is 1.59 bits per heavy atom. The fourth-order valence-corrected chi connectivity index (χ4v) is 3.05. The highest BCUT2D eigenvalue weighted by atomic mass is 79.9. The fourth-order valence-electron chi connectivity index (χ4n) is 1.52. The first-order valence-electron chi connectivity index (χ1n) is 5.76. The Morgan fingerprint density at radius 2 is 2.35 bits per heavy atom. The van der Waals surface area contributed by atoms with E-state index in [9.17, 15) is 4.79 Å². The first kappa shape index (κ1) is 14.7. The van der Waals surface area contributed by atoms with E-state index in [-0.39, 0.29) is 18.6 Å². The fraction of sp³-hybridized carbons (Fsp3) is 0.583. The summed E-state index contributed by atoms with van der Waals surface area (Å²) in [6.07, 6.45) is 2.97. The molecule has 0 bridgehead atoms. The smallest absolute Gasteiger partial charge is 0.220 e. The summed E-state index contributed by atoms with van der Waals surface area (Å²) in [5.74, 6) is 0.0709. The minimum atomic E-state index is 0.0587. The quantitative estimate of drug-likeness (QED) is 0.811. The van der Waals surface area contributed by atoms with Gasteiger partial charge in [0.15, 0.2) is 0 Å². The van der Waals surface area contributed by atoms with Crippen LogP contribution in [0.25, 0.3) is 0 Å². The van der Waals surface area contributed by atoms with Crippen LogP contribution in [0.1, 0.15) is 31.1 Å². The van der Waals surface area contributed by atoms with E-state index in [1.807, 2.05) is 13.0 Å². The van der Waals surface area contributed by atoms with Crippen molar-refractivity contribution in [2.45, 2.75) is 38.6 Å². The number of thiophene rings is 1. The molecule has 0 saturated heterocycles. The summed E-state index contributed by atoms with van der Waals surface area (Å²) in [6.45, 7) is 2.02. The third-order valence-electron chi connectivity index (χ3n) is 2.43. The van der Waals surface area contributed by atoms with E-state index in [1.54, 1.807) is 11.3 Å². The predicted molar refractivity (Wildman–Crippen MR) is 74.3 cm³/mol. The molecule has 0 radical (unpaired) electrons. The zero-order chi connectivity index (χ0) is 12.7. The van der Waals surface area contributed by atoms with E-state index in [0.717, 1.165) is 16.6 Å². The standard InChI is InChI=1S/C12H18BrNO2S/c1-9(7-8-15)14-12(16)4-2-3-10-5-6-11(13)17-10/h5-6,9,15H,2-4,7-8H2,1H3,(H,14,16). The monoisotopic (exact) mass is 319 g/mol. The largest absolute Gasteiger partial charge is 0.396 e. The number of aryl methyl sites for hydroxylation is 1. The van der Waals surface area contributed by atoms with E-state index in [2.05, 4.69) is 27.3 Å². The third kappa shape index (κ3) is 6.19. The van der Waals surface area contributed by atoms with Crippen LogP contribution in [0.2, 0.25) is 0 Å². The Morgan fingerprint density at radius 3 is 2.94 bits per heavy atom. The zero-order valence-corrected chi connectivity index (χ0v) is 12.3. The highest BCUT2D eigenvalue weighted by molar-refractivity contribution is 9.11. The van der Waals surface area contributed by atoms with Gasteiger partial charge in [0.25, 0.3) is 0 Å². The summed E-state index contributed by atoms with van der Waals surface area (Å²) in [4.78, 5) is 12.8. The van der Waals surface area contributed by atoms with Gasteiger partial charge in [0, 0.05) is 23.9 Å². The molecule has 17 heavy (non-hydrogen) atoms. The van der Waals surface area contributed by atoms with E-state index >= 15 is 0 Å². The number of carbonyl (C=O) groups excluding carboxylic acids is 1. The van der Waals surface area contributed by atoms with Gasteiger partial charge >= 0.3 is 0 Å². The van der Waals surface area contributed by atoms with Crippen molar-refractivity contribution in [1.29, 1.82) is 0 Å². The van der Waals surface area contributed by atoms with Crippen molar-refractivity contribution >= 4 is 33.2 Å². The van der Waals surface area contributed by atoms with Gasteiger partial charge in [0.05, 0.1) is 3.79 Å². The molecule has 1 amide bonds. The molecule has 1 rings (SSSR count). The molecule has 0 fully saturated rings. The van der Waals surface area contributed by atoms with Crippen LogP contribution < -0.4 is 5.32 Å². The van der Waals surface area contributed by atoms with E-state index in [4.69, 9.17) is 5.11 Å². The van der Waals surface area contributed by atoms with Gasteiger partial charge in [0.2, 0.25) is 5.91 Å². The highest BCUT2D eigenvalue weighted by Gasteiger charge is 2.07. The number of aliphatic hydroxyl groups is 1. The second-order valence-electron chi connectivity index (χ2n) is 4.04. The molecule has 1 heterocycles. The minimum absolute atomic E-state index is 0.0587. The molecule has 2 N–H and O–H groups in total. The van der Waals surface area contributed by atoms with Crippen molar-refractivity contribution < 1.29 is 9.90 Å². The first-order chi connectivity index (χ1) is 8.11. The molecule has 1 atom stereocenters. The molecular formula is C12H18BrNO2S. The number of rotatable bonds is 7. The average molecular weight is 320 g/mol. The van der Waals surface area contributed by atoms with Crippen LogP contribution in [0.3, 0.4) is 0 Å². The second-order valence-corrected chi connectivity index (χ2v) is 6.59. The summed E-state index contributed by atoms with van der Waals surface area (Å²) in [7, 11) is 0. The SMILES string of the molecule is CC(CCO)NC(=O)CCCc1ccc(Br)s1. The van der Waals surface area contributed by atoms with Gasteiger partial charge < -0.3 is 10.4 Å². The maximum Gasteiger partial charge on any atom is 0.220 e. The Labute approximate surface area is 114 Å². The molecule has 3 nitrogen and oxygen atoms in total. The summed E-state index contributed by atoms with van der Waals surface area (Å²) in [6, 6.07) is 4.17. The van der Waals surface area contributed by atoms with Gasteiger partial charge in [-0.25, -0.2) is 0 Å². The zero-order valence-electron chi connectivity index (χ0n) is 9.91. The molecule has 0 aliphatic heterocycles. The summed E-state index contributed by atoms with van der Waals surface area (Å²) in [5, 5.41) is 11.6. The molecule has 0 aliphatic carbocycles. The van der Waals surface area contributed by atoms with Gasteiger partial charge in [-0.3, -0.25) is 4.79 Å². The summed E-state index contributed by atoms with van der Waals surface area (Å²) in [5.41, 5.74) is 0. The van der Waals surface area contributed by atoms with Crippen LogP contribution in [-0.4, -0.2) is 23.7 Å². The van der Waals surface area contributed by atoms with Crippen LogP contribution in [0.4, 0.5) is 0 Å². The maximum atomic E-state index is 11.5. The number of hydrogen-bond donors (Lipinski definition) is 2. The van der Waals surface area contributed by atoms with Crippen molar-refractivity contribution in [1.82, 2.24) is 5.32 Å². The van der Waals surface area contributed by atoms with Gasteiger partial charge in [-0.05, 0) is 54.2 Å². The first-order valence-corrected chi connectivity index (χ1v) is 7.37. The Bertz CT molecular complexity index is 354. The third-order valence-corrected chi connectivity index (χ3v) is 4.11. The molecule has 0 aromatic carbocycles. The number of halogens is 1. The van der Waals surface area contributed by atoms with Crippen molar-refractivity contribution in [2.24, 2.45) is 0 Å². The van der Waals surface area contributed by atoms with Gasteiger partial charge in [-0.2, -0.15) is 0 Å². The predicted octanol–water partition coefficient (Wildman–Crippen LogP) is 2.72. The van der Waals surface area contributed by atoms with E-state index in [0.29, 0.717) is 12.8 Å². The maximum absolute atomic E-state index is 11.5. The molecule has 96 valence electrons. The molecule has 1 unspecified atom stereocenters. The Hall–Kier alpha value is -0.390. The van der Waals surface area contributed by atoms with Crippen molar-refractivity contribution in [3.63, 3.8) is 0 Å². The number of carbonyl (C=O) groups is 1. The normalized spacial score (nSPS) is 12.4. The average Bonchev–Trinajstić information content (AvgIpc) is 2.64. The van der Waals surface area contributed by atoms with Crippen LogP contribution in [0.15, 0.2) is 15.9 Å². The molecule has 0 spiro atoms. The van der Waals surface area contributed by atoms with Crippen LogP contribution >= 0.6 is 27.3 Å². The van der Waals surface area contributed by atoms with Crippen molar-refractivity contribution in [2.75, 3.05) is 6.61 Å². The number of nitrogens with one attached hydrogen (secondary N) is 1. The summed E-state index contributed by atoms with van der Waals surface area (Å²) >= 11 is 5.13. The molecule has 0 aliphatic rings. The number of amides is 1. The van der Waals surface area contributed by atoms with E-state index < -0.39 is 0 Å².